The highest BCUT2D eigenvalue weighted by Gasteiger charge is 2.16. The molecule has 0 aliphatic heterocycles. The third-order valence-electron chi connectivity index (χ3n) is 6.77. The van der Waals surface area contributed by atoms with E-state index in [0.717, 1.165) is 29.4 Å². The fourth-order valence-corrected chi connectivity index (χ4v) is 5.88. The Morgan fingerprint density at radius 2 is 1.67 bits per heavy atom. The van der Waals surface area contributed by atoms with Gasteiger partial charge in [-0.1, -0.05) is 86.0 Å². The summed E-state index contributed by atoms with van der Waals surface area (Å²) >= 11 is 1.74. The Bertz CT molecular complexity index is 1240. The number of hydrogen-bond acceptors (Lipinski definition) is 2. The average Bonchev–Trinajstić information content (AvgIpc) is 3.26. The number of nitrogens with zero attached hydrogens (tertiary/aromatic N) is 2. The molecule has 5 rings (SSSR count). The third-order valence-corrected chi connectivity index (χ3v) is 7.64. The number of benzene rings is 3. The molecule has 1 fully saturated rings. The van der Waals surface area contributed by atoms with Gasteiger partial charge in [0.25, 0.3) is 0 Å². The molecule has 1 aromatic heterocycles. The Labute approximate surface area is 201 Å². The maximum absolute atomic E-state index is 5.03. The van der Waals surface area contributed by atoms with Crippen molar-refractivity contribution in [2.75, 3.05) is 0 Å². The standard InChI is InChI=1S/C30H32N2S/c1-23-9-8-14-28(21-23)31-30-32(20-19-24-10-4-2-5-11-24)29(22-33-30)27-17-15-26(16-18-27)25-12-6-3-7-13-25/h2,4-5,8-11,14-18,21-22,25H,3,6-7,12-13,19-20H2,1H3. The molecule has 1 heterocycles. The van der Waals surface area contributed by atoms with Gasteiger partial charge in [0.05, 0.1) is 11.4 Å². The summed E-state index contributed by atoms with van der Waals surface area (Å²) in [5.74, 6) is 0.743. The molecule has 0 spiro atoms. The van der Waals surface area contributed by atoms with Crippen LogP contribution in [-0.2, 0) is 13.0 Å². The topological polar surface area (TPSA) is 17.3 Å². The first kappa shape index (κ1) is 21.9. The molecule has 1 aliphatic rings. The summed E-state index contributed by atoms with van der Waals surface area (Å²) in [7, 11) is 0. The quantitative estimate of drug-likeness (QED) is 0.282. The van der Waals surface area contributed by atoms with Gasteiger partial charge in [-0.25, -0.2) is 4.99 Å². The van der Waals surface area contributed by atoms with E-state index in [4.69, 9.17) is 4.99 Å². The van der Waals surface area contributed by atoms with Crippen molar-refractivity contribution in [2.24, 2.45) is 4.99 Å². The molecule has 0 atom stereocenters. The summed E-state index contributed by atoms with van der Waals surface area (Å²) in [5.41, 5.74) is 7.67. The monoisotopic (exact) mass is 452 g/mol. The third kappa shape index (κ3) is 5.36. The number of aryl methyl sites for hydroxylation is 2. The summed E-state index contributed by atoms with van der Waals surface area (Å²) in [5, 5.41) is 2.27. The van der Waals surface area contributed by atoms with E-state index in [-0.39, 0.29) is 0 Å². The molecule has 0 unspecified atom stereocenters. The van der Waals surface area contributed by atoms with Crippen LogP contribution >= 0.6 is 11.3 Å². The molecule has 0 bridgehead atoms. The smallest absolute Gasteiger partial charge is 0.190 e. The minimum absolute atomic E-state index is 0.743. The van der Waals surface area contributed by atoms with Crippen molar-refractivity contribution in [1.29, 1.82) is 0 Å². The molecule has 3 aromatic carbocycles. The van der Waals surface area contributed by atoms with Crippen molar-refractivity contribution in [3.8, 4) is 11.3 Å². The highest BCUT2D eigenvalue weighted by molar-refractivity contribution is 7.07. The van der Waals surface area contributed by atoms with E-state index in [2.05, 4.69) is 95.7 Å². The van der Waals surface area contributed by atoms with E-state index in [1.54, 1.807) is 11.3 Å². The van der Waals surface area contributed by atoms with Gasteiger partial charge in [-0.15, -0.1) is 11.3 Å². The SMILES string of the molecule is Cc1cccc(N=c2scc(-c3ccc(C4CCCCC4)cc3)n2CCc2ccccc2)c1. The van der Waals surface area contributed by atoms with Gasteiger partial charge in [-0.2, -0.15) is 0 Å². The second-order valence-corrected chi connectivity index (χ2v) is 10.0. The van der Waals surface area contributed by atoms with E-state index in [1.165, 1.54) is 60.1 Å². The van der Waals surface area contributed by atoms with E-state index in [9.17, 15) is 0 Å². The van der Waals surface area contributed by atoms with Crippen LogP contribution in [0.4, 0.5) is 5.69 Å². The first-order chi connectivity index (χ1) is 16.3. The maximum atomic E-state index is 5.03. The van der Waals surface area contributed by atoms with Crippen LogP contribution in [0.15, 0.2) is 89.2 Å². The van der Waals surface area contributed by atoms with Crippen molar-refractivity contribution in [3.63, 3.8) is 0 Å². The van der Waals surface area contributed by atoms with Crippen LogP contribution in [0.2, 0.25) is 0 Å². The Morgan fingerprint density at radius 3 is 2.42 bits per heavy atom. The van der Waals surface area contributed by atoms with Crippen molar-refractivity contribution in [1.82, 2.24) is 4.57 Å². The van der Waals surface area contributed by atoms with Crippen LogP contribution in [0.1, 0.15) is 54.7 Å². The molecule has 0 radical (unpaired) electrons. The first-order valence-electron chi connectivity index (χ1n) is 12.2. The summed E-state index contributed by atoms with van der Waals surface area (Å²) in [6.07, 6.45) is 7.83. The highest BCUT2D eigenvalue weighted by Crippen LogP contribution is 2.33. The largest absolute Gasteiger partial charge is 0.316 e. The van der Waals surface area contributed by atoms with Gasteiger partial charge < -0.3 is 4.57 Å². The van der Waals surface area contributed by atoms with Crippen molar-refractivity contribution < 1.29 is 0 Å². The highest BCUT2D eigenvalue weighted by atomic mass is 32.1. The second kappa shape index (κ2) is 10.4. The predicted molar refractivity (Wildman–Crippen MR) is 140 cm³/mol. The van der Waals surface area contributed by atoms with E-state index in [1.807, 2.05) is 0 Å². The summed E-state index contributed by atoms with van der Waals surface area (Å²) in [6.45, 7) is 3.04. The van der Waals surface area contributed by atoms with Gasteiger partial charge in [0.15, 0.2) is 4.80 Å². The fourth-order valence-electron chi connectivity index (χ4n) is 4.92. The molecule has 33 heavy (non-hydrogen) atoms. The van der Waals surface area contributed by atoms with Gasteiger partial charge >= 0.3 is 0 Å². The zero-order valence-electron chi connectivity index (χ0n) is 19.4. The van der Waals surface area contributed by atoms with Crippen LogP contribution in [-0.4, -0.2) is 4.57 Å². The molecule has 168 valence electrons. The van der Waals surface area contributed by atoms with Gasteiger partial charge in [-0.05, 0) is 66.5 Å². The number of hydrogen-bond donors (Lipinski definition) is 0. The lowest BCUT2D eigenvalue weighted by molar-refractivity contribution is 0.443. The summed E-state index contributed by atoms with van der Waals surface area (Å²) in [6, 6.07) is 28.6. The second-order valence-electron chi connectivity index (χ2n) is 9.20. The maximum Gasteiger partial charge on any atom is 0.190 e. The zero-order valence-corrected chi connectivity index (χ0v) is 20.2. The van der Waals surface area contributed by atoms with E-state index < -0.39 is 0 Å². The molecular weight excluding hydrogens is 420 g/mol. The van der Waals surface area contributed by atoms with Crippen molar-refractivity contribution >= 4 is 17.0 Å². The van der Waals surface area contributed by atoms with Crippen molar-refractivity contribution in [3.05, 3.63) is 106 Å². The van der Waals surface area contributed by atoms with E-state index in [0.29, 0.717) is 0 Å². The fraction of sp³-hybridized carbons (Fsp3) is 0.300. The molecule has 0 saturated heterocycles. The summed E-state index contributed by atoms with van der Waals surface area (Å²) < 4.78 is 2.40. The lowest BCUT2D eigenvalue weighted by Gasteiger charge is -2.22. The lowest BCUT2D eigenvalue weighted by Crippen LogP contribution is -2.17. The van der Waals surface area contributed by atoms with Crippen LogP contribution in [0.3, 0.4) is 0 Å². The molecule has 0 amide bonds. The van der Waals surface area contributed by atoms with Crippen molar-refractivity contribution in [2.45, 2.75) is 57.9 Å². The Hall–Kier alpha value is -2.91. The molecule has 0 N–H and O–H groups in total. The minimum Gasteiger partial charge on any atom is -0.316 e. The van der Waals surface area contributed by atoms with Crippen LogP contribution in [0.25, 0.3) is 11.3 Å². The van der Waals surface area contributed by atoms with Crippen LogP contribution in [0.5, 0.6) is 0 Å². The van der Waals surface area contributed by atoms with Gasteiger partial charge in [-0.3, -0.25) is 0 Å². The zero-order chi connectivity index (χ0) is 22.5. The average molecular weight is 453 g/mol. The summed E-state index contributed by atoms with van der Waals surface area (Å²) in [4.78, 5) is 6.09. The Morgan fingerprint density at radius 1 is 0.879 bits per heavy atom. The number of thiazole rings is 1. The van der Waals surface area contributed by atoms with Gasteiger partial charge in [0.2, 0.25) is 0 Å². The Balaban J connectivity index is 1.49. The van der Waals surface area contributed by atoms with Crippen LogP contribution < -0.4 is 4.80 Å². The first-order valence-corrected chi connectivity index (χ1v) is 13.1. The van der Waals surface area contributed by atoms with Gasteiger partial charge in [0.1, 0.15) is 0 Å². The lowest BCUT2D eigenvalue weighted by atomic mass is 9.84. The number of rotatable bonds is 6. The molecular formula is C30H32N2S. The van der Waals surface area contributed by atoms with E-state index >= 15 is 0 Å². The Kier molecular flexibility index (Phi) is 6.87. The molecule has 1 saturated carbocycles. The molecule has 2 nitrogen and oxygen atoms in total. The predicted octanol–water partition coefficient (Wildman–Crippen LogP) is 8.05. The molecule has 4 aromatic rings. The van der Waals surface area contributed by atoms with Gasteiger partial charge in [0, 0.05) is 11.9 Å². The minimum atomic E-state index is 0.743. The molecule has 1 aliphatic carbocycles. The number of aromatic nitrogens is 1. The normalized spacial score (nSPS) is 15.1. The van der Waals surface area contributed by atoms with Crippen LogP contribution in [0, 0.1) is 6.92 Å². The molecule has 3 heteroatoms.